The molecule has 0 saturated heterocycles. The minimum Gasteiger partial charge on any atom is -0.493 e. The molecule has 154 valence electrons. The molecular formula is C21H26Cl3NO3. The average Bonchev–Trinajstić information content (AvgIpc) is 2.66. The van der Waals surface area contributed by atoms with Crippen LogP contribution in [-0.4, -0.2) is 26.4 Å². The molecule has 0 radical (unpaired) electrons. The van der Waals surface area contributed by atoms with E-state index < -0.39 is 0 Å². The fraction of sp³-hybridized carbons (Fsp3) is 0.429. The van der Waals surface area contributed by atoms with Crippen molar-refractivity contribution in [3.8, 4) is 11.5 Å². The molecular weight excluding hydrogens is 421 g/mol. The molecule has 0 fully saturated rings. The highest BCUT2D eigenvalue weighted by Gasteiger charge is 2.11. The molecule has 0 saturated carbocycles. The number of hydrogen-bond donors (Lipinski definition) is 1. The minimum absolute atomic E-state index is 0.259. The Balaban J connectivity index is 1.93. The number of methoxy groups -OCH3 is 1. The van der Waals surface area contributed by atoms with Gasteiger partial charge in [0, 0.05) is 24.2 Å². The van der Waals surface area contributed by atoms with E-state index in [2.05, 4.69) is 5.32 Å². The summed E-state index contributed by atoms with van der Waals surface area (Å²) >= 11 is 18.4. The Bertz CT molecular complexity index is 769. The Morgan fingerprint density at radius 3 is 2.43 bits per heavy atom. The minimum atomic E-state index is 0.259. The van der Waals surface area contributed by atoms with Crippen LogP contribution in [0, 0.1) is 0 Å². The summed E-state index contributed by atoms with van der Waals surface area (Å²) in [6.45, 7) is 6.63. The molecule has 0 spiro atoms. The number of benzene rings is 2. The molecule has 2 aromatic carbocycles. The van der Waals surface area contributed by atoms with Crippen LogP contribution in [0.2, 0.25) is 15.1 Å². The van der Waals surface area contributed by atoms with Crippen molar-refractivity contribution in [2.24, 2.45) is 0 Å². The van der Waals surface area contributed by atoms with E-state index in [0.29, 0.717) is 39.7 Å². The second kappa shape index (κ2) is 11.7. The lowest BCUT2D eigenvalue weighted by Gasteiger charge is -2.15. The van der Waals surface area contributed by atoms with Crippen molar-refractivity contribution >= 4 is 34.8 Å². The number of ether oxygens (including phenoxy) is 3. The van der Waals surface area contributed by atoms with Crippen LogP contribution in [0.1, 0.15) is 31.4 Å². The molecule has 0 aliphatic heterocycles. The Morgan fingerprint density at radius 1 is 0.964 bits per heavy atom. The van der Waals surface area contributed by atoms with E-state index in [1.54, 1.807) is 25.3 Å². The predicted octanol–water partition coefficient (Wildman–Crippen LogP) is 6.14. The first kappa shape index (κ1) is 23.1. The Morgan fingerprint density at radius 2 is 1.75 bits per heavy atom. The zero-order chi connectivity index (χ0) is 20.5. The highest BCUT2D eigenvalue weighted by Crippen LogP contribution is 2.34. The molecule has 0 aliphatic carbocycles. The van der Waals surface area contributed by atoms with E-state index in [1.807, 2.05) is 26.0 Å². The van der Waals surface area contributed by atoms with Gasteiger partial charge in [-0.15, -0.1) is 0 Å². The van der Waals surface area contributed by atoms with Gasteiger partial charge in [-0.2, -0.15) is 0 Å². The van der Waals surface area contributed by atoms with Crippen LogP contribution < -0.4 is 14.8 Å². The van der Waals surface area contributed by atoms with E-state index in [-0.39, 0.29) is 6.10 Å². The normalized spacial score (nSPS) is 11.1. The van der Waals surface area contributed by atoms with Crippen molar-refractivity contribution in [1.82, 2.24) is 5.32 Å². The fourth-order valence-electron chi connectivity index (χ4n) is 2.51. The van der Waals surface area contributed by atoms with Crippen LogP contribution >= 0.6 is 34.8 Å². The van der Waals surface area contributed by atoms with Gasteiger partial charge in [0.25, 0.3) is 0 Å². The second-order valence-electron chi connectivity index (χ2n) is 6.58. The Labute approximate surface area is 182 Å². The molecule has 0 atom stereocenters. The van der Waals surface area contributed by atoms with E-state index in [0.717, 1.165) is 30.7 Å². The molecule has 0 aromatic heterocycles. The van der Waals surface area contributed by atoms with Crippen molar-refractivity contribution in [2.75, 3.05) is 20.3 Å². The van der Waals surface area contributed by atoms with Crippen molar-refractivity contribution in [3.05, 3.63) is 56.5 Å². The van der Waals surface area contributed by atoms with Crippen molar-refractivity contribution < 1.29 is 14.2 Å². The van der Waals surface area contributed by atoms with Gasteiger partial charge < -0.3 is 19.5 Å². The van der Waals surface area contributed by atoms with Gasteiger partial charge in [0.1, 0.15) is 6.61 Å². The molecule has 0 bridgehead atoms. The summed E-state index contributed by atoms with van der Waals surface area (Å²) in [7, 11) is 1.61. The molecule has 1 N–H and O–H groups in total. The van der Waals surface area contributed by atoms with Gasteiger partial charge in [-0.1, -0.05) is 40.9 Å². The maximum Gasteiger partial charge on any atom is 0.163 e. The lowest BCUT2D eigenvalue weighted by molar-refractivity contribution is 0.0770. The summed E-state index contributed by atoms with van der Waals surface area (Å²) in [4.78, 5) is 0. The highest BCUT2D eigenvalue weighted by molar-refractivity contribution is 6.42. The van der Waals surface area contributed by atoms with Gasteiger partial charge >= 0.3 is 0 Å². The standard InChI is InChI=1S/C21H26Cl3NO3/c1-14(2)27-8-4-7-25-12-16-10-20(26-3)21(11-18(16)23)28-13-15-5-6-17(22)19(24)9-15/h5-6,9-11,14,25H,4,7-8,12-13H2,1-3H3. The van der Waals surface area contributed by atoms with Gasteiger partial charge in [-0.05, 0) is 56.1 Å². The van der Waals surface area contributed by atoms with Crippen LogP contribution in [0.3, 0.4) is 0 Å². The van der Waals surface area contributed by atoms with Crippen LogP contribution in [0.15, 0.2) is 30.3 Å². The van der Waals surface area contributed by atoms with Gasteiger partial charge in [-0.25, -0.2) is 0 Å². The van der Waals surface area contributed by atoms with Crippen LogP contribution in [0.25, 0.3) is 0 Å². The molecule has 2 rings (SSSR count). The summed E-state index contributed by atoms with van der Waals surface area (Å²) in [5.74, 6) is 1.21. The average molecular weight is 447 g/mol. The molecule has 0 aliphatic rings. The lowest BCUT2D eigenvalue weighted by atomic mass is 10.2. The van der Waals surface area contributed by atoms with Gasteiger partial charge in [0.05, 0.1) is 23.3 Å². The van der Waals surface area contributed by atoms with Crippen LogP contribution in [0.5, 0.6) is 11.5 Å². The molecule has 0 heterocycles. The number of rotatable bonds is 11. The summed E-state index contributed by atoms with van der Waals surface area (Å²) in [6.07, 6.45) is 1.20. The first-order valence-electron chi connectivity index (χ1n) is 9.16. The predicted molar refractivity (Wildman–Crippen MR) is 116 cm³/mol. The third-order valence-electron chi connectivity index (χ3n) is 3.98. The van der Waals surface area contributed by atoms with Crippen LogP contribution in [-0.2, 0) is 17.9 Å². The largest absolute Gasteiger partial charge is 0.493 e. The van der Waals surface area contributed by atoms with Crippen molar-refractivity contribution in [3.63, 3.8) is 0 Å². The monoisotopic (exact) mass is 445 g/mol. The van der Waals surface area contributed by atoms with Crippen LogP contribution in [0.4, 0.5) is 0 Å². The Kier molecular flexibility index (Phi) is 9.69. The number of hydrogen-bond acceptors (Lipinski definition) is 4. The van der Waals surface area contributed by atoms with E-state index >= 15 is 0 Å². The molecule has 4 nitrogen and oxygen atoms in total. The molecule has 28 heavy (non-hydrogen) atoms. The molecule has 0 unspecified atom stereocenters. The highest BCUT2D eigenvalue weighted by atomic mass is 35.5. The molecule has 2 aromatic rings. The summed E-state index contributed by atoms with van der Waals surface area (Å²) < 4.78 is 16.9. The summed E-state index contributed by atoms with van der Waals surface area (Å²) in [6, 6.07) is 9.05. The van der Waals surface area contributed by atoms with Gasteiger partial charge in [0.15, 0.2) is 11.5 Å². The number of halogens is 3. The fourth-order valence-corrected chi connectivity index (χ4v) is 3.06. The quantitative estimate of drug-likeness (QED) is 0.421. The molecule has 0 amide bonds. The van der Waals surface area contributed by atoms with Crippen molar-refractivity contribution in [1.29, 1.82) is 0 Å². The SMILES string of the molecule is COc1cc(CNCCCOC(C)C)c(Cl)cc1OCc1ccc(Cl)c(Cl)c1. The first-order chi connectivity index (χ1) is 13.4. The topological polar surface area (TPSA) is 39.7 Å². The first-order valence-corrected chi connectivity index (χ1v) is 10.3. The zero-order valence-electron chi connectivity index (χ0n) is 16.4. The number of nitrogens with one attached hydrogen (secondary N) is 1. The summed E-state index contributed by atoms with van der Waals surface area (Å²) in [5.41, 5.74) is 1.85. The Hall–Kier alpha value is -1.17. The summed E-state index contributed by atoms with van der Waals surface area (Å²) in [5, 5.41) is 5.00. The third kappa shape index (κ3) is 7.34. The smallest absolute Gasteiger partial charge is 0.163 e. The van der Waals surface area contributed by atoms with Gasteiger partial charge in [-0.3, -0.25) is 0 Å². The van der Waals surface area contributed by atoms with Gasteiger partial charge in [0.2, 0.25) is 0 Å². The third-order valence-corrected chi connectivity index (χ3v) is 5.07. The maximum absolute atomic E-state index is 6.43. The second-order valence-corrected chi connectivity index (χ2v) is 7.80. The van der Waals surface area contributed by atoms with E-state index in [9.17, 15) is 0 Å². The molecule has 7 heteroatoms. The van der Waals surface area contributed by atoms with Crippen molar-refractivity contribution in [2.45, 2.75) is 39.5 Å². The maximum atomic E-state index is 6.43. The van der Waals surface area contributed by atoms with E-state index in [4.69, 9.17) is 49.0 Å². The van der Waals surface area contributed by atoms with E-state index in [1.165, 1.54) is 0 Å². The lowest BCUT2D eigenvalue weighted by Crippen LogP contribution is -2.17. The zero-order valence-corrected chi connectivity index (χ0v) is 18.6.